The summed E-state index contributed by atoms with van der Waals surface area (Å²) in [6.45, 7) is 6.46. The first-order chi connectivity index (χ1) is 8.90. The second kappa shape index (κ2) is 6.37. The predicted octanol–water partition coefficient (Wildman–Crippen LogP) is 2.24. The minimum Gasteiger partial charge on any atom is -0.496 e. The molecule has 2 unspecified atom stereocenters. The summed E-state index contributed by atoms with van der Waals surface area (Å²) < 4.78 is 5.49. The molecule has 108 valence electrons. The molecule has 1 rings (SSSR count). The number of aryl methyl sites for hydroxylation is 1. The molecule has 0 aliphatic rings. The van der Waals surface area contributed by atoms with Crippen molar-refractivity contribution in [3.05, 3.63) is 29.3 Å². The van der Waals surface area contributed by atoms with E-state index in [0.717, 1.165) is 17.7 Å². The van der Waals surface area contributed by atoms with Crippen LogP contribution in [0.3, 0.4) is 0 Å². The van der Waals surface area contributed by atoms with Crippen LogP contribution in [0.5, 0.6) is 5.75 Å². The molecule has 0 radical (unpaired) electrons. The molecule has 1 aromatic rings. The molecule has 0 aromatic heterocycles. The molecule has 0 heterocycles. The first-order valence-electron chi connectivity index (χ1n) is 6.68. The summed E-state index contributed by atoms with van der Waals surface area (Å²) in [7, 11) is 5.85. The molecular weight excluding hydrogens is 238 g/mol. The van der Waals surface area contributed by atoms with Crippen LogP contribution in [0.4, 0.5) is 0 Å². The maximum atomic E-state index is 5.85. The molecule has 3 N–H and O–H groups in total. The van der Waals surface area contributed by atoms with Gasteiger partial charge >= 0.3 is 0 Å². The molecule has 0 amide bonds. The molecule has 0 aliphatic carbocycles. The monoisotopic (exact) mass is 265 g/mol. The smallest absolute Gasteiger partial charge is 0.123 e. The Morgan fingerprint density at radius 3 is 2.47 bits per heavy atom. The largest absolute Gasteiger partial charge is 0.496 e. The zero-order valence-electron chi connectivity index (χ0n) is 12.9. The number of nitrogens with two attached hydrogens (primary N) is 1. The Bertz CT molecular complexity index is 420. The number of methoxy groups -OCH3 is 1. The molecule has 0 aliphatic heterocycles. The van der Waals surface area contributed by atoms with E-state index in [1.54, 1.807) is 7.11 Å². The Balaban J connectivity index is 3.33. The lowest BCUT2D eigenvalue weighted by Gasteiger charge is -2.43. The Hall–Kier alpha value is -1.10. The first kappa shape index (κ1) is 16.0. The van der Waals surface area contributed by atoms with Crippen LogP contribution in [0.25, 0.3) is 0 Å². The quantitative estimate of drug-likeness (QED) is 0.612. The van der Waals surface area contributed by atoms with Gasteiger partial charge in [-0.3, -0.25) is 11.3 Å². The number of nitrogens with one attached hydrogen (secondary N) is 1. The van der Waals surface area contributed by atoms with Crippen molar-refractivity contribution >= 4 is 0 Å². The van der Waals surface area contributed by atoms with Crippen molar-refractivity contribution in [1.82, 2.24) is 10.3 Å². The molecule has 2 atom stereocenters. The molecule has 0 fully saturated rings. The fraction of sp³-hybridized carbons (Fsp3) is 0.600. The summed E-state index contributed by atoms with van der Waals surface area (Å²) in [4.78, 5) is 2.21. The van der Waals surface area contributed by atoms with Crippen LogP contribution >= 0.6 is 0 Å². The minimum absolute atomic E-state index is 0.00218. The van der Waals surface area contributed by atoms with Gasteiger partial charge in [0.1, 0.15) is 5.75 Å². The molecule has 0 saturated carbocycles. The fourth-order valence-corrected chi connectivity index (χ4v) is 2.46. The van der Waals surface area contributed by atoms with E-state index in [1.165, 1.54) is 5.56 Å². The number of rotatable bonds is 6. The molecule has 0 bridgehead atoms. The number of benzene rings is 1. The Morgan fingerprint density at radius 1 is 1.42 bits per heavy atom. The van der Waals surface area contributed by atoms with Gasteiger partial charge in [-0.25, -0.2) is 0 Å². The molecule has 4 nitrogen and oxygen atoms in total. The van der Waals surface area contributed by atoms with Crippen LogP contribution in [0, 0.1) is 6.92 Å². The molecule has 4 heteroatoms. The lowest BCUT2D eigenvalue weighted by molar-refractivity contribution is 0.111. The summed E-state index contributed by atoms with van der Waals surface area (Å²) in [5, 5.41) is 0. The third-order valence-corrected chi connectivity index (χ3v) is 4.22. The number of ether oxygens (including phenoxy) is 1. The van der Waals surface area contributed by atoms with E-state index in [9.17, 15) is 0 Å². The number of hydrazine groups is 1. The van der Waals surface area contributed by atoms with Crippen LogP contribution in [0.15, 0.2) is 18.2 Å². The highest BCUT2D eigenvalue weighted by Gasteiger charge is 2.36. The van der Waals surface area contributed by atoms with Crippen LogP contribution in [0.2, 0.25) is 0 Å². The molecular formula is C15H27N3O. The van der Waals surface area contributed by atoms with Crippen LogP contribution in [-0.2, 0) is 0 Å². The van der Waals surface area contributed by atoms with E-state index in [0.29, 0.717) is 0 Å². The van der Waals surface area contributed by atoms with Crippen molar-refractivity contribution < 1.29 is 4.74 Å². The van der Waals surface area contributed by atoms with Crippen molar-refractivity contribution in [1.29, 1.82) is 0 Å². The number of hydrogen-bond acceptors (Lipinski definition) is 4. The van der Waals surface area contributed by atoms with Gasteiger partial charge in [-0.15, -0.1) is 0 Å². The van der Waals surface area contributed by atoms with Crippen LogP contribution < -0.4 is 16.0 Å². The van der Waals surface area contributed by atoms with E-state index in [2.05, 4.69) is 57.3 Å². The number of hydrogen-bond donors (Lipinski definition) is 2. The average molecular weight is 265 g/mol. The van der Waals surface area contributed by atoms with Gasteiger partial charge in [0, 0.05) is 11.1 Å². The molecule has 1 aromatic carbocycles. The van der Waals surface area contributed by atoms with Gasteiger partial charge < -0.3 is 9.64 Å². The second-order valence-electron chi connectivity index (χ2n) is 5.45. The van der Waals surface area contributed by atoms with E-state index in [4.69, 9.17) is 10.6 Å². The third kappa shape index (κ3) is 3.08. The maximum absolute atomic E-state index is 5.85. The number of nitrogens with zero attached hydrogens (tertiary/aromatic N) is 1. The second-order valence-corrected chi connectivity index (χ2v) is 5.45. The standard InChI is InChI=1S/C15H27N3O/c1-7-15(3,18(4)5)14(17-16)12-10-11(2)8-9-13(12)19-6/h8-10,14,17H,7,16H2,1-6H3. The summed E-state index contributed by atoms with van der Waals surface area (Å²) >= 11 is 0. The summed E-state index contributed by atoms with van der Waals surface area (Å²) in [6, 6.07) is 6.19. The first-order valence-corrected chi connectivity index (χ1v) is 6.68. The van der Waals surface area contributed by atoms with Gasteiger partial charge in [0.25, 0.3) is 0 Å². The SMILES string of the molecule is CCC(C)(C(NN)c1cc(C)ccc1OC)N(C)C. The third-order valence-electron chi connectivity index (χ3n) is 4.22. The number of likely N-dealkylation sites (N-methyl/N-ethyl adjacent to an activating group) is 1. The Morgan fingerprint density at radius 2 is 2.05 bits per heavy atom. The zero-order valence-corrected chi connectivity index (χ0v) is 12.9. The highest BCUT2D eigenvalue weighted by Crippen LogP contribution is 2.37. The minimum atomic E-state index is -0.0875. The van der Waals surface area contributed by atoms with E-state index in [1.807, 2.05) is 6.07 Å². The Kier molecular flexibility index (Phi) is 5.35. The van der Waals surface area contributed by atoms with Gasteiger partial charge in [-0.05, 0) is 40.4 Å². The topological polar surface area (TPSA) is 50.5 Å². The van der Waals surface area contributed by atoms with Gasteiger partial charge in [-0.2, -0.15) is 0 Å². The van der Waals surface area contributed by atoms with Crippen LogP contribution in [0.1, 0.15) is 37.4 Å². The maximum Gasteiger partial charge on any atom is 0.123 e. The molecule has 0 saturated heterocycles. The van der Waals surface area contributed by atoms with Crippen LogP contribution in [-0.4, -0.2) is 31.6 Å². The Labute approximate surface area is 116 Å². The fourth-order valence-electron chi connectivity index (χ4n) is 2.46. The highest BCUT2D eigenvalue weighted by molar-refractivity contribution is 5.40. The van der Waals surface area contributed by atoms with E-state index >= 15 is 0 Å². The van der Waals surface area contributed by atoms with Crippen molar-refractivity contribution in [3.63, 3.8) is 0 Å². The summed E-state index contributed by atoms with van der Waals surface area (Å²) in [5.41, 5.74) is 5.19. The van der Waals surface area contributed by atoms with Crippen molar-refractivity contribution in [2.24, 2.45) is 5.84 Å². The predicted molar refractivity (Wildman–Crippen MR) is 80.2 cm³/mol. The van der Waals surface area contributed by atoms with Crippen molar-refractivity contribution in [2.45, 2.75) is 38.8 Å². The molecule has 0 spiro atoms. The molecule has 19 heavy (non-hydrogen) atoms. The van der Waals surface area contributed by atoms with Gasteiger partial charge in [0.15, 0.2) is 0 Å². The van der Waals surface area contributed by atoms with Gasteiger partial charge in [0.05, 0.1) is 13.2 Å². The van der Waals surface area contributed by atoms with Crippen molar-refractivity contribution in [2.75, 3.05) is 21.2 Å². The highest BCUT2D eigenvalue weighted by atomic mass is 16.5. The lowest BCUT2D eigenvalue weighted by Crippen LogP contribution is -2.53. The summed E-state index contributed by atoms with van der Waals surface area (Å²) in [6.07, 6.45) is 0.978. The average Bonchev–Trinajstić information content (AvgIpc) is 2.39. The normalized spacial score (nSPS) is 16.2. The zero-order chi connectivity index (χ0) is 14.6. The van der Waals surface area contributed by atoms with Gasteiger partial charge in [-0.1, -0.05) is 24.6 Å². The lowest BCUT2D eigenvalue weighted by atomic mass is 9.83. The van der Waals surface area contributed by atoms with Crippen molar-refractivity contribution in [3.8, 4) is 5.75 Å². The van der Waals surface area contributed by atoms with E-state index < -0.39 is 0 Å². The van der Waals surface area contributed by atoms with Gasteiger partial charge in [0.2, 0.25) is 0 Å². The summed E-state index contributed by atoms with van der Waals surface area (Å²) in [5.74, 6) is 6.72. The van der Waals surface area contributed by atoms with E-state index in [-0.39, 0.29) is 11.6 Å².